The Balaban J connectivity index is 1.81. The van der Waals surface area contributed by atoms with E-state index in [2.05, 4.69) is 10.4 Å². The van der Waals surface area contributed by atoms with Gasteiger partial charge in [0.25, 0.3) is 5.91 Å². The van der Waals surface area contributed by atoms with Gasteiger partial charge in [-0.3, -0.25) is 9.48 Å². The Morgan fingerprint density at radius 1 is 1.34 bits per heavy atom. The average Bonchev–Trinajstić information content (AvgIpc) is 3.32. The first kappa shape index (κ1) is 20.4. The molecule has 0 radical (unpaired) electrons. The summed E-state index contributed by atoms with van der Waals surface area (Å²) in [6.07, 6.45) is 3.64. The van der Waals surface area contributed by atoms with Gasteiger partial charge in [0.15, 0.2) is 0 Å². The molecule has 2 aromatic rings. The molecule has 154 valence electrons. The molecule has 0 bridgehead atoms. The second-order valence-corrected chi connectivity index (χ2v) is 6.41. The molecule has 9 heteroatoms. The molecule has 0 aliphatic carbocycles. The molecule has 0 saturated carbocycles. The number of carbonyl (C=O) groups excluding carboxylic acids is 2. The highest BCUT2D eigenvalue weighted by atomic mass is 16.5. The molecule has 0 fully saturated rings. The lowest BCUT2D eigenvalue weighted by Gasteiger charge is -2.16. The van der Waals surface area contributed by atoms with Crippen LogP contribution in [0.2, 0.25) is 0 Å². The maximum Gasteiger partial charge on any atom is 0.337 e. The Morgan fingerprint density at radius 3 is 2.83 bits per heavy atom. The Kier molecular flexibility index (Phi) is 6.50. The largest absolute Gasteiger partial charge is 0.487 e. The molecule has 2 heterocycles. The number of esters is 1. The maximum absolute atomic E-state index is 12.7. The second kappa shape index (κ2) is 9.24. The van der Waals surface area contributed by atoms with E-state index in [0.29, 0.717) is 18.0 Å². The van der Waals surface area contributed by atoms with Crippen molar-refractivity contribution in [3.63, 3.8) is 0 Å². The highest BCUT2D eigenvalue weighted by molar-refractivity contribution is 6.08. The number of aliphatic hydroxyl groups is 1. The lowest BCUT2D eigenvalue weighted by molar-refractivity contribution is -0.136. The molecular weight excluding hydrogens is 376 g/mol. The molecule has 0 spiro atoms. The van der Waals surface area contributed by atoms with E-state index in [0.717, 1.165) is 12.1 Å². The van der Waals surface area contributed by atoms with Crippen molar-refractivity contribution >= 4 is 17.6 Å². The zero-order valence-corrected chi connectivity index (χ0v) is 16.4. The third-order valence-electron chi connectivity index (χ3n) is 4.51. The van der Waals surface area contributed by atoms with Crippen molar-refractivity contribution in [3.05, 3.63) is 53.5 Å². The van der Waals surface area contributed by atoms with E-state index < -0.39 is 5.97 Å². The summed E-state index contributed by atoms with van der Waals surface area (Å²) >= 11 is 0. The van der Waals surface area contributed by atoms with Crippen molar-refractivity contribution in [1.82, 2.24) is 14.7 Å². The molecule has 0 unspecified atom stereocenters. The molecule has 0 atom stereocenters. The Labute approximate surface area is 168 Å². The predicted molar refractivity (Wildman–Crippen MR) is 105 cm³/mol. The zero-order valence-electron chi connectivity index (χ0n) is 16.4. The van der Waals surface area contributed by atoms with E-state index in [1.165, 1.54) is 12.0 Å². The Hall–Kier alpha value is -3.33. The molecule has 1 aliphatic rings. The number of para-hydroxylation sites is 2. The van der Waals surface area contributed by atoms with Gasteiger partial charge < -0.3 is 24.8 Å². The minimum Gasteiger partial charge on any atom is -0.487 e. The van der Waals surface area contributed by atoms with Crippen LogP contribution in [0.1, 0.15) is 12.5 Å². The third-order valence-corrected chi connectivity index (χ3v) is 4.51. The van der Waals surface area contributed by atoms with E-state index in [9.17, 15) is 9.59 Å². The summed E-state index contributed by atoms with van der Waals surface area (Å²) in [4.78, 5) is 26.2. The van der Waals surface area contributed by atoms with Crippen LogP contribution in [0, 0.1) is 0 Å². The van der Waals surface area contributed by atoms with Crippen LogP contribution in [0.3, 0.4) is 0 Å². The van der Waals surface area contributed by atoms with Gasteiger partial charge in [0.1, 0.15) is 18.1 Å². The van der Waals surface area contributed by atoms with Crippen molar-refractivity contribution < 1.29 is 24.2 Å². The number of β-amino-alcohol motifs (C(OH)–C–C–N with tert-alkyl or cyclic N) is 1. The fraction of sp³-hybridized carbons (Fsp3) is 0.350. The number of nitrogens with one attached hydrogen (secondary N) is 1. The van der Waals surface area contributed by atoms with E-state index in [4.69, 9.17) is 14.6 Å². The summed E-state index contributed by atoms with van der Waals surface area (Å²) in [5.41, 5.74) is 1.80. The van der Waals surface area contributed by atoms with Crippen LogP contribution in [0.25, 0.3) is 0 Å². The molecule has 9 nitrogen and oxygen atoms in total. The van der Waals surface area contributed by atoms with Gasteiger partial charge in [-0.2, -0.15) is 5.10 Å². The predicted octanol–water partition coefficient (Wildman–Crippen LogP) is 1.16. The van der Waals surface area contributed by atoms with Crippen molar-refractivity contribution in [2.75, 3.05) is 32.1 Å². The number of ether oxygens (including phenoxy) is 2. The lowest BCUT2D eigenvalue weighted by atomic mass is 10.2. The molecule has 1 aromatic heterocycles. The smallest absolute Gasteiger partial charge is 0.337 e. The quantitative estimate of drug-likeness (QED) is 0.609. The zero-order chi connectivity index (χ0) is 20.8. The summed E-state index contributed by atoms with van der Waals surface area (Å²) in [5.74, 6) is -0.438. The Morgan fingerprint density at radius 2 is 2.14 bits per heavy atom. The first-order valence-corrected chi connectivity index (χ1v) is 9.29. The molecule has 0 saturated heterocycles. The number of aromatic nitrogens is 2. The molecular formula is C20H24N4O5. The van der Waals surface area contributed by atoms with Crippen LogP contribution in [-0.4, -0.2) is 58.5 Å². The van der Waals surface area contributed by atoms with Crippen molar-refractivity contribution in [3.8, 4) is 5.75 Å². The molecule has 1 amide bonds. The van der Waals surface area contributed by atoms with Gasteiger partial charge in [0.05, 0.1) is 37.7 Å². The minimum absolute atomic E-state index is 0.0770. The number of benzene rings is 1. The average molecular weight is 400 g/mol. The fourth-order valence-corrected chi connectivity index (χ4v) is 2.99. The van der Waals surface area contributed by atoms with Gasteiger partial charge >= 0.3 is 5.97 Å². The van der Waals surface area contributed by atoms with Gasteiger partial charge in [-0.15, -0.1) is 0 Å². The number of aliphatic hydroxyl groups excluding tert-OH is 1. The molecule has 1 aliphatic heterocycles. The van der Waals surface area contributed by atoms with Crippen molar-refractivity contribution in [2.24, 2.45) is 0 Å². The number of rotatable bonds is 9. The van der Waals surface area contributed by atoms with Crippen molar-refractivity contribution in [2.45, 2.75) is 20.1 Å². The van der Waals surface area contributed by atoms with Gasteiger partial charge in [0.2, 0.25) is 0 Å². The normalized spacial score (nSPS) is 13.8. The van der Waals surface area contributed by atoms with Crippen LogP contribution in [0.15, 0.2) is 47.9 Å². The van der Waals surface area contributed by atoms with Gasteiger partial charge in [-0.05, 0) is 19.1 Å². The van der Waals surface area contributed by atoms with Gasteiger partial charge in [0, 0.05) is 24.8 Å². The van der Waals surface area contributed by atoms with E-state index in [1.807, 2.05) is 23.9 Å². The fourth-order valence-electron chi connectivity index (χ4n) is 2.99. The molecule has 29 heavy (non-hydrogen) atoms. The lowest BCUT2D eigenvalue weighted by Crippen LogP contribution is -2.31. The number of carbonyl (C=O) groups is 2. The van der Waals surface area contributed by atoms with Crippen LogP contribution in [-0.2, 0) is 27.5 Å². The summed E-state index contributed by atoms with van der Waals surface area (Å²) in [6, 6.07) is 7.15. The highest BCUT2D eigenvalue weighted by Gasteiger charge is 2.34. The topological polar surface area (TPSA) is 106 Å². The number of methoxy groups -OCH3 is 1. The minimum atomic E-state index is -0.591. The van der Waals surface area contributed by atoms with Gasteiger partial charge in [-0.1, -0.05) is 12.1 Å². The molecule has 2 N–H and O–H groups in total. The van der Waals surface area contributed by atoms with E-state index >= 15 is 0 Å². The van der Waals surface area contributed by atoms with Crippen LogP contribution in [0.4, 0.5) is 5.69 Å². The second-order valence-electron chi connectivity index (χ2n) is 6.41. The first-order chi connectivity index (χ1) is 14.1. The Bertz CT molecular complexity index is 921. The number of hydrogen-bond donors (Lipinski definition) is 2. The first-order valence-electron chi connectivity index (χ1n) is 9.29. The standard InChI is InChI=1S/C20H24N4O5/c1-3-24-11-14(10-21-24)13-29-17-7-5-4-6-16(17)22-18-15(20(27)28-2)12-23(8-9-25)19(18)26/h4-7,10-11,22,25H,3,8-9,12-13H2,1-2H3. The van der Waals surface area contributed by atoms with E-state index in [1.54, 1.807) is 24.4 Å². The summed E-state index contributed by atoms with van der Waals surface area (Å²) < 4.78 is 12.5. The number of aryl methyl sites for hydroxylation is 1. The monoisotopic (exact) mass is 400 g/mol. The van der Waals surface area contributed by atoms with Gasteiger partial charge in [-0.25, -0.2) is 4.79 Å². The third kappa shape index (κ3) is 4.57. The van der Waals surface area contributed by atoms with Crippen LogP contribution >= 0.6 is 0 Å². The number of amides is 1. The van der Waals surface area contributed by atoms with E-state index in [-0.39, 0.29) is 36.9 Å². The van der Waals surface area contributed by atoms with Crippen LogP contribution < -0.4 is 10.1 Å². The number of anilines is 1. The number of hydrogen-bond acceptors (Lipinski definition) is 7. The maximum atomic E-state index is 12.7. The molecule has 1 aromatic carbocycles. The highest BCUT2D eigenvalue weighted by Crippen LogP contribution is 2.29. The van der Waals surface area contributed by atoms with Crippen molar-refractivity contribution in [1.29, 1.82) is 0 Å². The van der Waals surface area contributed by atoms with Crippen LogP contribution in [0.5, 0.6) is 5.75 Å². The molecule has 3 rings (SSSR count). The SMILES string of the molecule is CCn1cc(COc2ccccc2NC2=C(C(=O)OC)CN(CCO)C2=O)cn1. The summed E-state index contributed by atoms with van der Waals surface area (Å²) in [5, 5.41) is 16.4. The summed E-state index contributed by atoms with van der Waals surface area (Å²) in [6.45, 7) is 3.10. The number of nitrogens with zero attached hydrogens (tertiary/aromatic N) is 3. The summed E-state index contributed by atoms with van der Waals surface area (Å²) in [7, 11) is 1.26.